The van der Waals surface area contributed by atoms with Crippen LogP contribution in [0.2, 0.25) is 0 Å². The van der Waals surface area contributed by atoms with E-state index in [-0.39, 0.29) is 54.4 Å². The molecule has 3 rings (SSSR count). The van der Waals surface area contributed by atoms with Crippen LogP contribution in [0.25, 0.3) is 11.2 Å². The summed E-state index contributed by atoms with van der Waals surface area (Å²) in [7, 11) is 2.53. The molecule has 0 bridgehead atoms. The number of nitrogens with one attached hydrogen (secondary N) is 7. The van der Waals surface area contributed by atoms with Gasteiger partial charge in [0.05, 0.1) is 24.9 Å². The van der Waals surface area contributed by atoms with Crippen LogP contribution in [0.3, 0.4) is 0 Å². The summed E-state index contributed by atoms with van der Waals surface area (Å²) in [5, 5.41) is 43.9. The van der Waals surface area contributed by atoms with Gasteiger partial charge in [-0.3, -0.25) is 39.1 Å². The molecule has 26 heteroatoms. The SMILES string of the molecule is CCSSC[C@H](NC(=O)[C@H](CC(=O)O)NC(=O)[C@H](CCCNC(N)N)NC(=O)CC[C@H](NC(=O)c1ccc(NCc2cnc3nc(N)[nH]c(=O)c3n2)cc1)C(=O)O)C(=O)O. The standard InChI is InChI=1S/C34H47N13O11S2/c1-2-59-60-15-22(32(57)58)45-29(53)21(12-24(49)50)44-28(52)19(4-3-11-38-33(35)36)42-23(48)10-9-20(31(55)56)43-27(51)16-5-7-17(8-6-16)39-13-18-14-40-26-25(41-18)30(54)47-34(37)46-26/h5-8,14,19-22,33,38-39H,2-4,9-13,15,35-36H2,1H3,(H,42,48)(H,43,51)(H,44,52)(H,45,53)(H,49,50)(H,55,56)(H,57,58)(H3,37,40,46,47,54)/t19-,20-,21-,22-/m0/s1. The summed E-state index contributed by atoms with van der Waals surface area (Å²) in [6.07, 6.45) is -1.17. The van der Waals surface area contributed by atoms with Crippen molar-refractivity contribution in [2.75, 3.05) is 29.1 Å². The van der Waals surface area contributed by atoms with Crippen molar-refractivity contribution in [2.45, 2.75) is 76.0 Å². The summed E-state index contributed by atoms with van der Waals surface area (Å²) in [6.45, 7) is 2.18. The number of aromatic amines is 1. The molecule has 0 spiro atoms. The number of carbonyl (C=O) groups is 7. The lowest BCUT2D eigenvalue weighted by Gasteiger charge is -2.24. The first-order chi connectivity index (χ1) is 28.5. The van der Waals surface area contributed by atoms with Gasteiger partial charge in [0.25, 0.3) is 11.5 Å². The van der Waals surface area contributed by atoms with Gasteiger partial charge in [-0.1, -0.05) is 28.5 Å². The van der Waals surface area contributed by atoms with E-state index >= 15 is 0 Å². The van der Waals surface area contributed by atoms with Crippen LogP contribution >= 0.6 is 21.6 Å². The summed E-state index contributed by atoms with van der Waals surface area (Å²) in [5.74, 6) is -7.42. The maximum atomic E-state index is 13.4. The van der Waals surface area contributed by atoms with Crippen molar-refractivity contribution in [1.29, 1.82) is 0 Å². The van der Waals surface area contributed by atoms with Crippen molar-refractivity contribution in [3.05, 3.63) is 52.1 Å². The number of rotatable bonds is 26. The number of nitrogen functional groups attached to an aromatic ring is 1. The van der Waals surface area contributed by atoms with E-state index in [2.05, 4.69) is 51.8 Å². The van der Waals surface area contributed by atoms with Gasteiger partial charge >= 0.3 is 17.9 Å². The number of nitrogens with two attached hydrogens (primary N) is 3. The maximum Gasteiger partial charge on any atom is 0.327 e. The number of carboxylic acid groups (broad SMARTS) is 3. The molecule has 24 nitrogen and oxygen atoms in total. The lowest BCUT2D eigenvalue weighted by Crippen LogP contribution is -2.56. The summed E-state index contributed by atoms with van der Waals surface area (Å²) in [6, 6.07) is -0.0948. The number of benzene rings is 1. The second kappa shape index (κ2) is 24.1. The minimum atomic E-state index is -1.73. The Morgan fingerprint density at radius 2 is 1.50 bits per heavy atom. The van der Waals surface area contributed by atoms with Crippen LogP contribution in [-0.4, -0.2) is 125 Å². The van der Waals surface area contributed by atoms with Crippen LogP contribution in [0.15, 0.2) is 35.3 Å². The Bertz CT molecular complexity index is 2060. The molecule has 0 aliphatic heterocycles. The fourth-order valence-electron chi connectivity index (χ4n) is 5.18. The predicted molar refractivity (Wildman–Crippen MR) is 220 cm³/mol. The Morgan fingerprint density at radius 1 is 0.833 bits per heavy atom. The number of anilines is 2. The number of H-pyrrole nitrogens is 1. The van der Waals surface area contributed by atoms with E-state index in [1.807, 2.05) is 6.92 Å². The van der Waals surface area contributed by atoms with Gasteiger partial charge in [-0.15, -0.1) is 0 Å². The zero-order chi connectivity index (χ0) is 44.4. The van der Waals surface area contributed by atoms with Crippen LogP contribution < -0.4 is 54.7 Å². The van der Waals surface area contributed by atoms with Crippen molar-refractivity contribution in [2.24, 2.45) is 11.5 Å². The topological polar surface area (TPSA) is 402 Å². The van der Waals surface area contributed by atoms with Crippen molar-refractivity contribution < 1.29 is 48.9 Å². The number of carboxylic acids is 3. The van der Waals surface area contributed by atoms with E-state index in [1.54, 1.807) is 12.1 Å². The molecule has 0 saturated heterocycles. The highest BCUT2D eigenvalue weighted by atomic mass is 33.1. The first kappa shape index (κ1) is 48.3. The number of hydrogen-bond donors (Lipinski definition) is 13. The molecule has 2 aromatic heterocycles. The van der Waals surface area contributed by atoms with Gasteiger partial charge < -0.3 is 59.1 Å². The third-order valence-electron chi connectivity index (χ3n) is 8.13. The predicted octanol–water partition coefficient (Wildman–Crippen LogP) is -2.14. The van der Waals surface area contributed by atoms with Gasteiger partial charge in [-0.25, -0.2) is 19.6 Å². The van der Waals surface area contributed by atoms with Crippen LogP contribution in [0.1, 0.15) is 55.1 Å². The number of aliphatic carboxylic acids is 3. The highest BCUT2D eigenvalue weighted by Crippen LogP contribution is 2.21. The highest BCUT2D eigenvalue weighted by Gasteiger charge is 2.31. The maximum absolute atomic E-state index is 13.4. The number of hydrogen-bond acceptors (Lipinski definition) is 18. The Balaban J connectivity index is 1.62. The van der Waals surface area contributed by atoms with E-state index in [0.29, 0.717) is 17.1 Å². The number of carbonyl (C=O) groups excluding carboxylic acids is 4. The molecule has 0 aliphatic rings. The highest BCUT2D eigenvalue weighted by molar-refractivity contribution is 8.76. The zero-order valence-electron chi connectivity index (χ0n) is 32.1. The Labute approximate surface area is 349 Å². The van der Waals surface area contributed by atoms with E-state index in [4.69, 9.17) is 17.2 Å². The summed E-state index contributed by atoms with van der Waals surface area (Å²) in [4.78, 5) is 115. The fourth-order valence-corrected chi connectivity index (χ4v) is 7.00. The molecular weight excluding hydrogens is 831 g/mol. The second-order valence-corrected chi connectivity index (χ2v) is 15.6. The molecule has 4 atom stereocenters. The zero-order valence-corrected chi connectivity index (χ0v) is 33.8. The molecule has 16 N–H and O–H groups in total. The summed E-state index contributed by atoms with van der Waals surface area (Å²) >= 11 is 0. The Morgan fingerprint density at radius 3 is 2.13 bits per heavy atom. The molecular formula is C34H47N13O11S2. The smallest absolute Gasteiger partial charge is 0.327 e. The van der Waals surface area contributed by atoms with Gasteiger partial charge in [0.1, 0.15) is 30.5 Å². The number of aromatic nitrogens is 4. The van der Waals surface area contributed by atoms with Crippen LogP contribution in [0, 0.1) is 0 Å². The van der Waals surface area contributed by atoms with Gasteiger partial charge in [-0.05, 0) is 50.1 Å². The molecule has 0 radical (unpaired) electrons. The van der Waals surface area contributed by atoms with Crippen molar-refractivity contribution in [3.63, 3.8) is 0 Å². The van der Waals surface area contributed by atoms with Crippen molar-refractivity contribution >= 4 is 85.9 Å². The van der Waals surface area contributed by atoms with Crippen LogP contribution in [0.4, 0.5) is 11.6 Å². The number of nitrogens with zero attached hydrogens (tertiary/aromatic N) is 3. The first-order valence-corrected chi connectivity index (χ1v) is 20.7. The summed E-state index contributed by atoms with van der Waals surface area (Å²) in [5.41, 5.74) is 17.1. The lowest BCUT2D eigenvalue weighted by atomic mass is 10.1. The van der Waals surface area contributed by atoms with E-state index in [9.17, 15) is 53.7 Å². The van der Waals surface area contributed by atoms with Gasteiger partial charge in [0.2, 0.25) is 23.7 Å². The Kier molecular flexibility index (Phi) is 19.4. The van der Waals surface area contributed by atoms with Crippen LogP contribution in [-0.2, 0) is 35.3 Å². The molecule has 0 saturated carbocycles. The van der Waals surface area contributed by atoms with Crippen LogP contribution in [0.5, 0.6) is 0 Å². The molecule has 0 aliphatic carbocycles. The molecule has 0 fully saturated rings. The monoisotopic (exact) mass is 877 g/mol. The minimum Gasteiger partial charge on any atom is -0.481 e. The average molecular weight is 878 g/mol. The molecule has 2 heterocycles. The van der Waals surface area contributed by atoms with Crippen molar-refractivity contribution in [3.8, 4) is 0 Å². The lowest BCUT2D eigenvalue weighted by molar-refractivity contribution is -0.143. The Hall–Kier alpha value is -6.09. The van der Waals surface area contributed by atoms with E-state index < -0.39 is 96.8 Å². The normalized spacial score (nSPS) is 13.1. The molecule has 4 amide bonds. The third-order valence-corrected chi connectivity index (χ3v) is 10.6. The molecule has 326 valence electrons. The second-order valence-electron chi connectivity index (χ2n) is 12.8. The van der Waals surface area contributed by atoms with E-state index in [1.165, 1.54) is 39.9 Å². The number of fused-ring (bicyclic) bond motifs is 1. The molecule has 60 heavy (non-hydrogen) atoms. The average Bonchev–Trinajstić information content (AvgIpc) is 3.18. The fraction of sp³-hybridized carbons (Fsp3) is 0.441. The first-order valence-electron chi connectivity index (χ1n) is 18.2. The molecule has 0 unspecified atom stereocenters. The van der Waals surface area contributed by atoms with E-state index in [0.717, 1.165) is 0 Å². The van der Waals surface area contributed by atoms with Gasteiger partial charge in [0, 0.05) is 29.2 Å². The van der Waals surface area contributed by atoms with Gasteiger partial charge in [-0.2, -0.15) is 4.98 Å². The summed E-state index contributed by atoms with van der Waals surface area (Å²) < 4.78 is 0. The van der Waals surface area contributed by atoms with Gasteiger partial charge in [0.15, 0.2) is 11.2 Å². The number of amides is 4. The quantitative estimate of drug-likeness (QED) is 0.0232. The molecule has 1 aromatic carbocycles. The van der Waals surface area contributed by atoms with Crippen molar-refractivity contribution in [1.82, 2.24) is 46.5 Å². The largest absolute Gasteiger partial charge is 0.481 e. The molecule has 3 aromatic rings. The minimum absolute atomic E-state index is 0.000906. The third kappa shape index (κ3) is 16.3.